The zero-order valence-electron chi connectivity index (χ0n) is 17.6. The normalized spacial score (nSPS) is 22.8. The summed E-state index contributed by atoms with van der Waals surface area (Å²) in [6.45, 7) is 7.88. The van der Waals surface area contributed by atoms with Crippen molar-refractivity contribution >= 4 is 11.6 Å². The number of hydrogen-bond donors (Lipinski definition) is 1. The van der Waals surface area contributed by atoms with Gasteiger partial charge in [0.15, 0.2) is 0 Å². The predicted octanol–water partition coefficient (Wildman–Crippen LogP) is 4.45. The van der Waals surface area contributed by atoms with E-state index in [0.717, 1.165) is 44.1 Å². The second-order valence-electron chi connectivity index (χ2n) is 9.26. The highest BCUT2D eigenvalue weighted by Crippen LogP contribution is 2.43. The van der Waals surface area contributed by atoms with Gasteiger partial charge < -0.3 is 15.1 Å². The van der Waals surface area contributed by atoms with Crippen molar-refractivity contribution in [1.82, 2.24) is 10.2 Å². The van der Waals surface area contributed by atoms with Crippen LogP contribution in [0.4, 0.5) is 5.69 Å². The third-order valence-corrected chi connectivity index (χ3v) is 7.58. The molecule has 2 aliphatic heterocycles. The molecule has 2 saturated heterocycles. The lowest BCUT2D eigenvalue weighted by Crippen LogP contribution is -2.50. The van der Waals surface area contributed by atoms with E-state index >= 15 is 0 Å². The summed E-state index contributed by atoms with van der Waals surface area (Å²) in [5.41, 5.74) is 2.64. The first-order valence-corrected chi connectivity index (χ1v) is 11.6. The van der Waals surface area contributed by atoms with Crippen LogP contribution in [0.5, 0.6) is 0 Å². The van der Waals surface area contributed by atoms with E-state index in [-0.39, 0.29) is 5.91 Å². The second kappa shape index (κ2) is 8.86. The Morgan fingerprint density at radius 2 is 1.68 bits per heavy atom. The summed E-state index contributed by atoms with van der Waals surface area (Å²) in [6.07, 6.45) is 11.9. The summed E-state index contributed by atoms with van der Waals surface area (Å²) in [6, 6.07) is 9.14. The molecule has 1 spiro atoms. The van der Waals surface area contributed by atoms with Crippen LogP contribution >= 0.6 is 0 Å². The van der Waals surface area contributed by atoms with E-state index in [0.29, 0.717) is 5.41 Å². The molecule has 0 atom stereocenters. The smallest absolute Gasteiger partial charge is 0.251 e. The highest BCUT2D eigenvalue weighted by Gasteiger charge is 2.39. The van der Waals surface area contributed by atoms with Crippen molar-refractivity contribution in [2.75, 3.05) is 37.6 Å². The Balaban J connectivity index is 1.26. The minimum atomic E-state index is 0.0517. The van der Waals surface area contributed by atoms with E-state index in [9.17, 15) is 4.79 Å². The van der Waals surface area contributed by atoms with Crippen LogP contribution in [-0.4, -0.2) is 49.6 Å². The zero-order valence-corrected chi connectivity index (χ0v) is 17.6. The number of benzene rings is 1. The second-order valence-corrected chi connectivity index (χ2v) is 9.26. The lowest BCUT2D eigenvalue weighted by atomic mass is 9.70. The molecule has 1 aliphatic carbocycles. The Labute approximate surface area is 170 Å². The third-order valence-electron chi connectivity index (χ3n) is 7.58. The number of anilines is 1. The van der Waals surface area contributed by atoms with Crippen LogP contribution in [0.25, 0.3) is 0 Å². The molecule has 0 bridgehead atoms. The molecule has 0 radical (unpaired) electrons. The van der Waals surface area contributed by atoms with Crippen molar-refractivity contribution in [2.24, 2.45) is 5.41 Å². The number of carbonyl (C=O) groups excluding carboxylic acids is 1. The summed E-state index contributed by atoms with van der Waals surface area (Å²) in [7, 11) is 0. The van der Waals surface area contributed by atoms with E-state index < -0.39 is 0 Å². The summed E-state index contributed by atoms with van der Waals surface area (Å²) < 4.78 is 0. The molecule has 2 heterocycles. The minimum absolute atomic E-state index is 0.0517. The molecule has 28 heavy (non-hydrogen) atoms. The molecule has 1 saturated carbocycles. The molecule has 3 fully saturated rings. The van der Waals surface area contributed by atoms with Crippen molar-refractivity contribution in [3.8, 4) is 0 Å². The molecule has 154 valence electrons. The summed E-state index contributed by atoms with van der Waals surface area (Å²) in [5, 5.41) is 3.00. The van der Waals surface area contributed by atoms with Gasteiger partial charge in [-0.2, -0.15) is 0 Å². The molecular weight excluding hydrogens is 346 g/mol. The first-order chi connectivity index (χ1) is 13.7. The largest absolute Gasteiger partial charge is 0.371 e. The number of rotatable bonds is 6. The van der Waals surface area contributed by atoms with Crippen molar-refractivity contribution < 1.29 is 4.79 Å². The number of piperidine rings is 2. The average molecular weight is 384 g/mol. The number of amides is 1. The van der Waals surface area contributed by atoms with Crippen LogP contribution in [0.2, 0.25) is 0 Å². The average Bonchev–Trinajstić information content (AvgIpc) is 2.69. The molecule has 4 nitrogen and oxygen atoms in total. The summed E-state index contributed by atoms with van der Waals surface area (Å²) in [5.74, 6) is 0.0517. The highest BCUT2D eigenvalue weighted by molar-refractivity contribution is 5.94. The number of nitrogens with zero attached hydrogens (tertiary/aromatic N) is 2. The predicted molar refractivity (Wildman–Crippen MR) is 116 cm³/mol. The third kappa shape index (κ3) is 4.37. The molecule has 4 heteroatoms. The Hall–Kier alpha value is -1.55. The number of likely N-dealkylation sites (tertiary alicyclic amines) is 1. The molecule has 1 aromatic carbocycles. The molecule has 1 amide bonds. The van der Waals surface area contributed by atoms with E-state index in [1.165, 1.54) is 63.7 Å². The van der Waals surface area contributed by atoms with Crippen molar-refractivity contribution in [1.29, 1.82) is 0 Å². The van der Waals surface area contributed by atoms with Gasteiger partial charge in [0, 0.05) is 36.9 Å². The van der Waals surface area contributed by atoms with Gasteiger partial charge in [-0.15, -0.1) is 0 Å². The van der Waals surface area contributed by atoms with Gasteiger partial charge in [0.05, 0.1) is 0 Å². The number of unbranched alkanes of at least 4 members (excludes halogenated alkanes) is 1. The lowest BCUT2D eigenvalue weighted by Gasteiger charge is -2.50. The first-order valence-electron chi connectivity index (χ1n) is 11.6. The molecule has 0 unspecified atom stereocenters. The minimum Gasteiger partial charge on any atom is -0.371 e. The molecule has 1 N–H and O–H groups in total. The van der Waals surface area contributed by atoms with Gasteiger partial charge >= 0.3 is 0 Å². The maximum absolute atomic E-state index is 12.2. The molecule has 0 aromatic heterocycles. The Morgan fingerprint density at radius 1 is 1.04 bits per heavy atom. The molecule has 1 aromatic rings. The maximum Gasteiger partial charge on any atom is 0.251 e. The van der Waals surface area contributed by atoms with Gasteiger partial charge in [-0.05, 0) is 87.7 Å². The summed E-state index contributed by atoms with van der Waals surface area (Å²) in [4.78, 5) is 17.5. The van der Waals surface area contributed by atoms with Crippen molar-refractivity contribution in [3.63, 3.8) is 0 Å². The van der Waals surface area contributed by atoms with E-state index in [1.807, 2.05) is 12.1 Å². The zero-order chi connectivity index (χ0) is 19.4. The lowest BCUT2D eigenvalue weighted by molar-refractivity contribution is 0.0306. The number of carbonyl (C=O) groups is 1. The van der Waals surface area contributed by atoms with Crippen LogP contribution in [0.3, 0.4) is 0 Å². The van der Waals surface area contributed by atoms with Gasteiger partial charge in [-0.1, -0.05) is 19.8 Å². The Kier molecular flexibility index (Phi) is 6.25. The highest BCUT2D eigenvalue weighted by atomic mass is 16.1. The van der Waals surface area contributed by atoms with Gasteiger partial charge in [-0.25, -0.2) is 0 Å². The summed E-state index contributed by atoms with van der Waals surface area (Å²) >= 11 is 0. The fourth-order valence-corrected chi connectivity index (χ4v) is 5.16. The van der Waals surface area contributed by atoms with E-state index in [1.54, 1.807) is 0 Å². The van der Waals surface area contributed by atoms with Crippen LogP contribution < -0.4 is 10.2 Å². The van der Waals surface area contributed by atoms with Crippen LogP contribution in [-0.2, 0) is 0 Å². The standard InChI is InChI=1S/C24H37N3O/c1-2-3-15-25-23(28)20-7-9-22(10-8-20)27-18-13-24(14-19-27)11-16-26(17-12-24)21-5-4-6-21/h7-10,21H,2-6,11-19H2,1H3,(H,25,28). The number of nitrogens with one attached hydrogen (secondary N) is 1. The van der Waals surface area contributed by atoms with Crippen LogP contribution in [0.1, 0.15) is 75.1 Å². The van der Waals surface area contributed by atoms with Crippen molar-refractivity contribution in [2.45, 2.75) is 70.8 Å². The maximum atomic E-state index is 12.2. The Bertz CT molecular complexity index is 634. The Morgan fingerprint density at radius 3 is 2.25 bits per heavy atom. The van der Waals surface area contributed by atoms with Gasteiger partial charge in [0.1, 0.15) is 0 Å². The van der Waals surface area contributed by atoms with E-state index in [2.05, 4.69) is 34.2 Å². The fourth-order valence-electron chi connectivity index (χ4n) is 5.16. The van der Waals surface area contributed by atoms with Gasteiger partial charge in [0.25, 0.3) is 5.91 Å². The number of hydrogen-bond acceptors (Lipinski definition) is 3. The molecule has 4 rings (SSSR count). The fraction of sp³-hybridized carbons (Fsp3) is 0.708. The molecule has 3 aliphatic rings. The quantitative estimate of drug-likeness (QED) is 0.737. The van der Waals surface area contributed by atoms with Crippen LogP contribution in [0.15, 0.2) is 24.3 Å². The SMILES string of the molecule is CCCCNC(=O)c1ccc(N2CCC3(CC2)CCN(C2CCC2)CC3)cc1. The van der Waals surface area contributed by atoms with Gasteiger partial charge in [0.2, 0.25) is 0 Å². The molecular formula is C24H37N3O. The van der Waals surface area contributed by atoms with Gasteiger partial charge in [-0.3, -0.25) is 4.79 Å². The first kappa shape index (κ1) is 19.8. The topological polar surface area (TPSA) is 35.6 Å². The monoisotopic (exact) mass is 383 g/mol. The van der Waals surface area contributed by atoms with E-state index in [4.69, 9.17) is 0 Å². The van der Waals surface area contributed by atoms with Crippen molar-refractivity contribution in [3.05, 3.63) is 29.8 Å². The van der Waals surface area contributed by atoms with Crippen LogP contribution in [0, 0.1) is 5.41 Å².